The summed E-state index contributed by atoms with van der Waals surface area (Å²) in [5, 5.41) is 3.59. The molecule has 0 spiro atoms. The van der Waals surface area contributed by atoms with Crippen LogP contribution in [0.2, 0.25) is 0 Å². The third-order valence-corrected chi connectivity index (χ3v) is 5.50. The van der Waals surface area contributed by atoms with Crippen molar-refractivity contribution < 1.29 is 4.74 Å². The van der Waals surface area contributed by atoms with Gasteiger partial charge < -0.3 is 10.1 Å². The quantitative estimate of drug-likeness (QED) is 0.859. The van der Waals surface area contributed by atoms with E-state index in [0.29, 0.717) is 18.2 Å². The highest BCUT2D eigenvalue weighted by atomic mass is 16.5. The maximum absolute atomic E-state index is 6.06. The Hall–Kier alpha value is -0.900. The Morgan fingerprint density at radius 1 is 1.10 bits per heavy atom. The zero-order valence-electron chi connectivity index (χ0n) is 12.8. The van der Waals surface area contributed by atoms with Crippen molar-refractivity contribution in [3.63, 3.8) is 0 Å². The number of nitrogens with zero attached hydrogens (tertiary/aromatic N) is 1. The van der Waals surface area contributed by atoms with Gasteiger partial charge in [0.2, 0.25) is 0 Å². The average molecular weight is 286 g/mol. The van der Waals surface area contributed by atoms with Gasteiger partial charge in [0.05, 0.1) is 12.7 Å². The first-order valence-corrected chi connectivity index (χ1v) is 8.59. The molecule has 1 aromatic carbocycles. The number of ether oxygens (including phenoxy) is 1. The van der Waals surface area contributed by atoms with Crippen molar-refractivity contribution in [3.05, 3.63) is 35.4 Å². The van der Waals surface area contributed by atoms with E-state index in [1.54, 1.807) is 5.56 Å². The molecular formula is C18H26N2O. The summed E-state index contributed by atoms with van der Waals surface area (Å²) in [4.78, 5) is 2.78. The molecule has 3 heteroatoms. The largest absolute Gasteiger partial charge is 0.375 e. The predicted octanol–water partition coefficient (Wildman–Crippen LogP) is 2.86. The second-order valence-electron chi connectivity index (χ2n) is 6.68. The van der Waals surface area contributed by atoms with Crippen molar-refractivity contribution in [1.29, 1.82) is 0 Å². The maximum atomic E-state index is 6.06. The van der Waals surface area contributed by atoms with Crippen LogP contribution in [0, 0.1) is 0 Å². The van der Waals surface area contributed by atoms with E-state index in [4.69, 9.17) is 4.74 Å². The lowest BCUT2D eigenvalue weighted by Crippen LogP contribution is -2.53. The molecule has 1 N–H and O–H groups in total. The van der Waals surface area contributed by atoms with Gasteiger partial charge in [-0.15, -0.1) is 0 Å². The van der Waals surface area contributed by atoms with E-state index in [-0.39, 0.29) is 0 Å². The van der Waals surface area contributed by atoms with E-state index in [1.165, 1.54) is 37.7 Å². The van der Waals surface area contributed by atoms with Crippen LogP contribution >= 0.6 is 0 Å². The lowest BCUT2D eigenvalue weighted by Gasteiger charge is -2.47. The molecule has 0 bridgehead atoms. The van der Waals surface area contributed by atoms with E-state index in [1.807, 2.05) is 0 Å². The van der Waals surface area contributed by atoms with Crippen molar-refractivity contribution in [2.24, 2.45) is 0 Å². The molecule has 2 heterocycles. The van der Waals surface area contributed by atoms with E-state index in [9.17, 15) is 0 Å². The summed E-state index contributed by atoms with van der Waals surface area (Å²) in [5.41, 5.74) is 3.03. The topological polar surface area (TPSA) is 24.5 Å². The molecule has 114 valence electrons. The first kappa shape index (κ1) is 13.7. The Balaban J connectivity index is 1.65. The number of rotatable bonds is 1. The second-order valence-corrected chi connectivity index (χ2v) is 6.68. The lowest BCUT2D eigenvalue weighted by atomic mass is 9.87. The zero-order valence-corrected chi connectivity index (χ0v) is 12.8. The van der Waals surface area contributed by atoms with Crippen molar-refractivity contribution in [1.82, 2.24) is 10.2 Å². The van der Waals surface area contributed by atoms with Crippen LogP contribution < -0.4 is 5.32 Å². The Morgan fingerprint density at radius 2 is 2.00 bits per heavy atom. The van der Waals surface area contributed by atoms with Crippen LogP contribution in [0.5, 0.6) is 0 Å². The van der Waals surface area contributed by atoms with E-state index >= 15 is 0 Å². The normalized spacial score (nSPS) is 33.8. The fourth-order valence-electron chi connectivity index (χ4n) is 4.50. The highest BCUT2D eigenvalue weighted by Crippen LogP contribution is 2.37. The Kier molecular flexibility index (Phi) is 3.97. The maximum Gasteiger partial charge on any atom is 0.0731 e. The second kappa shape index (κ2) is 6.07. The fraction of sp³-hybridized carbons (Fsp3) is 0.667. The van der Waals surface area contributed by atoms with Gasteiger partial charge in [-0.05, 0) is 36.9 Å². The molecule has 3 aliphatic rings. The first-order valence-electron chi connectivity index (χ1n) is 8.59. The molecule has 0 aromatic heterocycles. The first-order chi connectivity index (χ1) is 10.4. The summed E-state index contributed by atoms with van der Waals surface area (Å²) in [7, 11) is 0. The van der Waals surface area contributed by atoms with Crippen LogP contribution in [0.15, 0.2) is 24.3 Å². The number of benzene rings is 1. The molecule has 2 fully saturated rings. The molecule has 3 nitrogen and oxygen atoms in total. The minimum atomic E-state index is 0.482. The SMILES string of the molecule is c1ccc2c(c1)CNCCC2N1CCOC2CCCCC21. The molecule has 1 aromatic rings. The van der Waals surface area contributed by atoms with Crippen LogP contribution in [-0.4, -0.2) is 36.7 Å². The number of morpholine rings is 1. The number of fused-ring (bicyclic) bond motifs is 2. The molecular weight excluding hydrogens is 260 g/mol. The summed E-state index contributed by atoms with van der Waals surface area (Å²) in [6.07, 6.45) is 6.99. The predicted molar refractivity (Wildman–Crippen MR) is 84.2 cm³/mol. The Labute approximate surface area is 127 Å². The van der Waals surface area contributed by atoms with Gasteiger partial charge in [0.15, 0.2) is 0 Å². The van der Waals surface area contributed by atoms with Crippen LogP contribution in [0.4, 0.5) is 0 Å². The van der Waals surface area contributed by atoms with Crippen molar-refractivity contribution in [2.75, 3.05) is 19.7 Å². The number of hydrogen-bond donors (Lipinski definition) is 1. The van der Waals surface area contributed by atoms with Gasteiger partial charge in [-0.3, -0.25) is 4.90 Å². The fourth-order valence-corrected chi connectivity index (χ4v) is 4.50. The molecule has 4 rings (SSSR count). The van der Waals surface area contributed by atoms with Gasteiger partial charge in [0.1, 0.15) is 0 Å². The summed E-state index contributed by atoms with van der Waals surface area (Å²) in [5.74, 6) is 0. The van der Waals surface area contributed by atoms with Crippen molar-refractivity contribution in [2.45, 2.75) is 56.8 Å². The van der Waals surface area contributed by atoms with Crippen LogP contribution in [0.3, 0.4) is 0 Å². The molecule has 1 saturated carbocycles. The highest BCUT2D eigenvalue weighted by Gasteiger charge is 2.38. The molecule has 1 saturated heterocycles. The van der Waals surface area contributed by atoms with Gasteiger partial charge in [-0.1, -0.05) is 37.1 Å². The van der Waals surface area contributed by atoms with Gasteiger partial charge in [0, 0.05) is 25.2 Å². The van der Waals surface area contributed by atoms with E-state index in [0.717, 1.165) is 26.2 Å². The van der Waals surface area contributed by atoms with Crippen molar-refractivity contribution >= 4 is 0 Å². The van der Waals surface area contributed by atoms with Crippen LogP contribution in [-0.2, 0) is 11.3 Å². The summed E-state index contributed by atoms with van der Waals surface area (Å²) in [6.45, 7) is 4.15. The van der Waals surface area contributed by atoms with Crippen LogP contribution in [0.25, 0.3) is 0 Å². The smallest absolute Gasteiger partial charge is 0.0731 e. The summed E-state index contributed by atoms with van der Waals surface area (Å²) < 4.78 is 6.06. The molecule has 3 unspecified atom stereocenters. The van der Waals surface area contributed by atoms with E-state index < -0.39 is 0 Å². The number of nitrogens with one attached hydrogen (secondary N) is 1. The molecule has 0 radical (unpaired) electrons. The Bertz CT molecular complexity index is 488. The monoisotopic (exact) mass is 286 g/mol. The van der Waals surface area contributed by atoms with Gasteiger partial charge in [-0.25, -0.2) is 0 Å². The standard InChI is InChI=1S/C18H26N2O/c1-2-6-15-14(5-1)13-19-10-9-16(15)20-11-12-21-18-8-4-3-7-17(18)20/h1-2,5-6,16-19H,3-4,7-13H2. The van der Waals surface area contributed by atoms with Crippen molar-refractivity contribution in [3.8, 4) is 0 Å². The molecule has 21 heavy (non-hydrogen) atoms. The van der Waals surface area contributed by atoms with E-state index in [2.05, 4.69) is 34.5 Å². The Morgan fingerprint density at radius 3 is 3.00 bits per heavy atom. The lowest BCUT2D eigenvalue weighted by molar-refractivity contribution is -0.104. The average Bonchev–Trinajstić information content (AvgIpc) is 2.77. The summed E-state index contributed by atoms with van der Waals surface area (Å²) in [6, 6.07) is 10.2. The van der Waals surface area contributed by atoms with Gasteiger partial charge in [0.25, 0.3) is 0 Å². The zero-order chi connectivity index (χ0) is 14.1. The molecule has 1 aliphatic carbocycles. The number of hydrogen-bond acceptors (Lipinski definition) is 3. The molecule has 3 atom stereocenters. The third kappa shape index (κ3) is 2.63. The molecule has 2 aliphatic heterocycles. The van der Waals surface area contributed by atoms with Gasteiger partial charge >= 0.3 is 0 Å². The highest BCUT2D eigenvalue weighted by molar-refractivity contribution is 5.31. The van der Waals surface area contributed by atoms with Gasteiger partial charge in [-0.2, -0.15) is 0 Å². The summed E-state index contributed by atoms with van der Waals surface area (Å²) >= 11 is 0. The third-order valence-electron chi connectivity index (χ3n) is 5.50. The molecule has 0 amide bonds. The minimum Gasteiger partial charge on any atom is -0.375 e. The minimum absolute atomic E-state index is 0.482. The van der Waals surface area contributed by atoms with Crippen LogP contribution in [0.1, 0.15) is 49.3 Å².